The smallest absolute Gasteiger partial charge is 0.256 e. The number of nitrogens with one attached hydrogen (secondary N) is 1. The molecule has 26 heavy (non-hydrogen) atoms. The Hall–Kier alpha value is -3.21. The van der Waals surface area contributed by atoms with Crippen LogP contribution in [0.5, 0.6) is 0 Å². The molecule has 0 saturated carbocycles. The lowest BCUT2D eigenvalue weighted by atomic mass is 10.1. The van der Waals surface area contributed by atoms with Crippen LogP contribution in [0.4, 0.5) is 5.82 Å². The van der Waals surface area contributed by atoms with E-state index in [2.05, 4.69) is 29.5 Å². The molecule has 1 amide bonds. The molecular formula is C21H20N4O. The predicted octanol–water partition coefficient (Wildman–Crippen LogP) is 4.47. The van der Waals surface area contributed by atoms with E-state index in [-0.39, 0.29) is 5.91 Å². The van der Waals surface area contributed by atoms with Gasteiger partial charge in [0.2, 0.25) is 0 Å². The molecule has 0 unspecified atom stereocenters. The summed E-state index contributed by atoms with van der Waals surface area (Å²) < 4.78 is 1.82. The SMILES string of the molecule is CCn1nc(NC(=O)c2cccc(C)c2)c2cc3cc(C)ccc3nc21. The molecule has 0 fully saturated rings. The number of anilines is 1. The second-order valence-electron chi connectivity index (χ2n) is 6.54. The molecule has 0 radical (unpaired) electrons. The van der Waals surface area contributed by atoms with Crippen LogP contribution in [-0.2, 0) is 6.54 Å². The van der Waals surface area contributed by atoms with Crippen molar-refractivity contribution in [2.75, 3.05) is 5.32 Å². The Kier molecular flexibility index (Phi) is 3.92. The van der Waals surface area contributed by atoms with E-state index in [0.29, 0.717) is 17.9 Å². The molecule has 0 aliphatic carbocycles. The number of pyridine rings is 1. The van der Waals surface area contributed by atoms with Crippen LogP contribution in [0.3, 0.4) is 0 Å². The van der Waals surface area contributed by atoms with E-state index < -0.39 is 0 Å². The van der Waals surface area contributed by atoms with Gasteiger partial charge in [0, 0.05) is 17.5 Å². The number of benzene rings is 2. The van der Waals surface area contributed by atoms with Gasteiger partial charge in [-0.05, 0) is 51.1 Å². The number of aromatic nitrogens is 3. The highest BCUT2D eigenvalue weighted by Crippen LogP contribution is 2.27. The minimum atomic E-state index is -0.166. The lowest BCUT2D eigenvalue weighted by molar-refractivity contribution is 0.102. The van der Waals surface area contributed by atoms with Crippen molar-refractivity contribution in [3.63, 3.8) is 0 Å². The number of hydrogen-bond donors (Lipinski definition) is 1. The zero-order valence-corrected chi connectivity index (χ0v) is 15.1. The summed E-state index contributed by atoms with van der Waals surface area (Å²) in [6, 6.07) is 15.7. The summed E-state index contributed by atoms with van der Waals surface area (Å²) in [6.45, 7) is 6.72. The van der Waals surface area contributed by atoms with Crippen molar-refractivity contribution in [3.8, 4) is 0 Å². The topological polar surface area (TPSA) is 59.8 Å². The normalized spacial score (nSPS) is 11.2. The monoisotopic (exact) mass is 344 g/mol. The Morgan fingerprint density at radius 2 is 1.88 bits per heavy atom. The minimum Gasteiger partial charge on any atom is -0.305 e. The second kappa shape index (κ2) is 6.26. The van der Waals surface area contributed by atoms with Crippen molar-refractivity contribution >= 4 is 33.7 Å². The average Bonchev–Trinajstić information content (AvgIpc) is 2.96. The van der Waals surface area contributed by atoms with Gasteiger partial charge in [-0.15, -0.1) is 0 Å². The molecule has 5 heteroatoms. The lowest BCUT2D eigenvalue weighted by Crippen LogP contribution is -2.13. The molecule has 130 valence electrons. The van der Waals surface area contributed by atoms with Gasteiger partial charge in [-0.1, -0.05) is 29.3 Å². The molecule has 2 aromatic heterocycles. The Morgan fingerprint density at radius 1 is 1.08 bits per heavy atom. The third kappa shape index (κ3) is 2.81. The van der Waals surface area contributed by atoms with Gasteiger partial charge in [-0.25, -0.2) is 9.67 Å². The van der Waals surface area contributed by atoms with Gasteiger partial charge in [0.25, 0.3) is 5.91 Å². The molecule has 5 nitrogen and oxygen atoms in total. The fourth-order valence-corrected chi connectivity index (χ4v) is 3.16. The van der Waals surface area contributed by atoms with Crippen molar-refractivity contribution in [1.82, 2.24) is 14.8 Å². The highest BCUT2D eigenvalue weighted by atomic mass is 16.1. The van der Waals surface area contributed by atoms with Crippen LogP contribution in [0.25, 0.3) is 21.9 Å². The first-order chi connectivity index (χ1) is 12.5. The standard InChI is InChI=1S/C21H20N4O/c1-4-25-20-17(12-16-11-14(3)8-9-18(16)22-20)19(24-25)23-21(26)15-7-5-6-13(2)10-15/h5-12H,4H2,1-3H3,(H,23,24,26). The van der Waals surface area contributed by atoms with Crippen molar-refractivity contribution in [3.05, 3.63) is 65.2 Å². The number of amides is 1. The van der Waals surface area contributed by atoms with E-state index in [1.54, 1.807) is 6.07 Å². The molecular weight excluding hydrogens is 324 g/mol. The zero-order chi connectivity index (χ0) is 18.3. The summed E-state index contributed by atoms with van der Waals surface area (Å²) in [6.07, 6.45) is 0. The molecule has 0 aliphatic rings. The van der Waals surface area contributed by atoms with Crippen molar-refractivity contribution in [2.45, 2.75) is 27.3 Å². The van der Waals surface area contributed by atoms with E-state index >= 15 is 0 Å². The van der Waals surface area contributed by atoms with Crippen LogP contribution < -0.4 is 5.32 Å². The molecule has 0 saturated heterocycles. The quantitative estimate of drug-likeness (QED) is 0.596. The highest BCUT2D eigenvalue weighted by Gasteiger charge is 2.16. The molecule has 1 N–H and O–H groups in total. The summed E-state index contributed by atoms with van der Waals surface area (Å²) in [7, 11) is 0. The predicted molar refractivity (Wildman–Crippen MR) is 105 cm³/mol. The van der Waals surface area contributed by atoms with E-state index in [1.807, 2.05) is 48.9 Å². The molecule has 0 spiro atoms. The van der Waals surface area contributed by atoms with Gasteiger partial charge < -0.3 is 5.32 Å². The van der Waals surface area contributed by atoms with Crippen LogP contribution in [0, 0.1) is 13.8 Å². The highest BCUT2D eigenvalue weighted by molar-refractivity contribution is 6.08. The molecule has 0 aliphatic heterocycles. The number of nitrogens with zero attached hydrogens (tertiary/aromatic N) is 3. The number of rotatable bonds is 3. The number of fused-ring (bicyclic) bond motifs is 2. The van der Waals surface area contributed by atoms with Crippen LogP contribution in [-0.4, -0.2) is 20.7 Å². The maximum atomic E-state index is 12.6. The first-order valence-corrected chi connectivity index (χ1v) is 8.71. The summed E-state index contributed by atoms with van der Waals surface area (Å²) >= 11 is 0. The number of aryl methyl sites for hydroxylation is 3. The minimum absolute atomic E-state index is 0.166. The Labute approximate surface area is 151 Å². The summed E-state index contributed by atoms with van der Waals surface area (Å²) in [4.78, 5) is 17.4. The van der Waals surface area contributed by atoms with Gasteiger partial charge in [-0.2, -0.15) is 5.10 Å². The second-order valence-corrected chi connectivity index (χ2v) is 6.54. The van der Waals surface area contributed by atoms with Crippen molar-refractivity contribution in [2.24, 2.45) is 0 Å². The number of carbonyl (C=O) groups is 1. The average molecular weight is 344 g/mol. The van der Waals surface area contributed by atoms with E-state index in [0.717, 1.165) is 27.5 Å². The van der Waals surface area contributed by atoms with Crippen LogP contribution >= 0.6 is 0 Å². The van der Waals surface area contributed by atoms with E-state index in [4.69, 9.17) is 4.98 Å². The van der Waals surface area contributed by atoms with Crippen LogP contribution in [0.2, 0.25) is 0 Å². The third-order valence-corrected chi connectivity index (χ3v) is 4.48. The van der Waals surface area contributed by atoms with Crippen molar-refractivity contribution in [1.29, 1.82) is 0 Å². The largest absolute Gasteiger partial charge is 0.305 e. The molecule has 4 aromatic rings. The van der Waals surface area contributed by atoms with Gasteiger partial charge in [0.15, 0.2) is 11.5 Å². The lowest BCUT2D eigenvalue weighted by Gasteiger charge is -2.04. The van der Waals surface area contributed by atoms with E-state index in [9.17, 15) is 4.79 Å². The van der Waals surface area contributed by atoms with Gasteiger partial charge >= 0.3 is 0 Å². The van der Waals surface area contributed by atoms with Gasteiger partial charge in [0.05, 0.1) is 10.9 Å². The molecule has 0 bridgehead atoms. The van der Waals surface area contributed by atoms with Gasteiger partial charge in [-0.3, -0.25) is 4.79 Å². The fraction of sp³-hybridized carbons (Fsp3) is 0.190. The molecule has 2 aromatic carbocycles. The third-order valence-electron chi connectivity index (χ3n) is 4.48. The van der Waals surface area contributed by atoms with E-state index in [1.165, 1.54) is 5.56 Å². The summed E-state index contributed by atoms with van der Waals surface area (Å²) in [5.41, 5.74) is 4.54. The number of hydrogen-bond acceptors (Lipinski definition) is 3. The Bertz CT molecular complexity index is 1140. The van der Waals surface area contributed by atoms with Gasteiger partial charge in [0.1, 0.15) is 0 Å². The Morgan fingerprint density at radius 3 is 2.65 bits per heavy atom. The first-order valence-electron chi connectivity index (χ1n) is 8.71. The zero-order valence-electron chi connectivity index (χ0n) is 15.1. The number of carbonyl (C=O) groups excluding carboxylic acids is 1. The molecule has 0 atom stereocenters. The maximum Gasteiger partial charge on any atom is 0.256 e. The Balaban J connectivity index is 1.82. The van der Waals surface area contributed by atoms with Crippen LogP contribution in [0.1, 0.15) is 28.4 Å². The fourth-order valence-electron chi connectivity index (χ4n) is 3.16. The first kappa shape index (κ1) is 16.3. The molecule has 2 heterocycles. The summed E-state index contributed by atoms with van der Waals surface area (Å²) in [5.74, 6) is 0.380. The maximum absolute atomic E-state index is 12.6. The molecule has 4 rings (SSSR count). The summed E-state index contributed by atoms with van der Waals surface area (Å²) in [5, 5.41) is 9.41. The van der Waals surface area contributed by atoms with Crippen LogP contribution in [0.15, 0.2) is 48.5 Å². The van der Waals surface area contributed by atoms with Crippen molar-refractivity contribution < 1.29 is 4.79 Å².